The van der Waals surface area contributed by atoms with Crippen LogP contribution in [0.2, 0.25) is 0 Å². The van der Waals surface area contributed by atoms with E-state index in [1.54, 1.807) is 0 Å². The number of alkyl halides is 3. The van der Waals surface area contributed by atoms with Crippen molar-refractivity contribution < 1.29 is 27.8 Å². The van der Waals surface area contributed by atoms with Crippen LogP contribution in [0.15, 0.2) is 6.07 Å². The first-order chi connectivity index (χ1) is 6.45. The molecule has 1 heterocycles. The van der Waals surface area contributed by atoms with E-state index in [2.05, 4.69) is 4.74 Å². The van der Waals surface area contributed by atoms with Crippen molar-refractivity contribution in [3.8, 4) is 5.75 Å². The van der Waals surface area contributed by atoms with Crippen LogP contribution in [0.3, 0.4) is 0 Å². The van der Waals surface area contributed by atoms with E-state index in [0.29, 0.717) is 17.4 Å². The van der Waals surface area contributed by atoms with E-state index in [-0.39, 0.29) is 18.0 Å². The maximum absolute atomic E-state index is 12.1. The van der Waals surface area contributed by atoms with E-state index in [4.69, 9.17) is 5.11 Å². The predicted molar refractivity (Wildman–Crippen MR) is 41.8 cm³/mol. The van der Waals surface area contributed by atoms with Gasteiger partial charge in [0.15, 0.2) is 0 Å². The molecule has 1 aromatic rings. The van der Waals surface area contributed by atoms with Crippen LogP contribution in [0.25, 0.3) is 0 Å². The summed E-state index contributed by atoms with van der Waals surface area (Å²) in [7, 11) is 0. The molecule has 0 aromatic carbocycles. The molecule has 7 heteroatoms. The number of hydrogen-bond donors (Lipinski definition) is 1. The molecule has 0 saturated carbocycles. The first-order valence-electron chi connectivity index (χ1n) is 3.39. The number of aromatic hydroxyl groups is 1. The summed E-state index contributed by atoms with van der Waals surface area (Å²) in [5.41, 5.74) is 0. The highest BCUT2D eigenvalue weighted by molar-refractivity contribution is 7.12. The fourth-order valence-corrected chi connectivity index (χ4v) is 1.61. The van der Waals surface area contributed by atoms with Crippen molar-refractivity contribution in [3.05, 3.63) is 15.8 Å². The largest absolute Gasteiger partial charge is 0.507 e. The number of thiophene rings is 1. The van der Waals surface area contributed by atoms with Gasteiger partial charge in [0.2, 0.25) is 0 Å². The van der Waals surface area contributed by atoms with E-state index in [1.165, 1.54) is 0 Å². The van der Waals surface area contributed by atoms with Gasteiger partial charge in [0.05, 0.1) is 4.88 Å². The monoisotopic (exact) mass is 226 g/mol. The SMILES string of the molecule is O=COCc1sc(C(F)(F)F)cc1O. The molecule has 0 radical (unpaired) electrons. The minimum absolute atomic E-state index is 0.0237. The van der Waals surface area contributed by atoms with Crippen LogP contribution in [-0.2, 0) is 22.3 Å². The summed E-state index contributed by atoms with van der Waals surface area (Å²) < 4.78 is 40.5. The molecule has 0 bridgehead atoms. The van der Waals surface area contributed by atoms with Gasteiger partial charge in [-0.05, 0) is 0 Å². The molecule has 1 N–H and O–H groups in total. The van der Waals surface area contributed by atoms with Gasteiger partial charge in [0.25, 0.3) is 6.47 Å². The summed E-state index contributed by atoms with van der Waals surface area (Å²) >= 11 is 0.347. The topological polar surface area (TPSA) is 46.5 Å². The molecule has 14 heavy (non-hydrogen) atoms. The maximum atomic E-state index is 12.1. The van der Waals surface area contributed by atoms with Gasteiger partial charge in [-0.3, -0.25) is 4.79 Å². The number of carbonyl (C=O) groups excluding carboxylic acids is 1. The van der Waals surface area contributed by atoms with Gasteiger partial charge in [0, 0.05) is 6.07 Å². The summed E-state index contributed by atoms with van der Waals surface area (Å²) in [6, 6.07) is 0.605. The Hall–Kier alpha value is -1.24. The Bertz CT molecular complexity index is 331. The summed E-state index contributed by atoms with van der Waals surface area (Å²) in [5, 5.41) is 9.04. The van der Waals surface area contributed by atoms with E-state index < -0.39 is 16.8 Å². The first-order valence-corrected chi connectivity index (χ1v) is 4.21. The molecule has 0 amide bonds. The molecule has 0 fully saturated rings. The Morgan fingerprint density at radius 2 is 2.21 bits per heavy atom. The standard InChI is InChI=1S/C7H5F3O3S/c8-7(9,10)6-1-4(12)5(14-6)2-13-3-11/h1,3,12H,2H2. The van der Waals surface area contributed by atoms with Gasteiger partial charge in [-0.1, -0.05) is 0 Å². The van der Waals surface area contributed by atoms with Crippen LogP contribution in [0.5, 0.6) is 5.75 Å². The van der Waals surface area contributed by atoms with Crippen LogP contribution >= 0.6 is 11.3 Å². The maximum Gasteiger partial charge on any atom is 0.425 e. The number of ether oxygens (including phenoxy) is 1. The van der Waals surface area contributed by atoms with Crippen LogP contribution in [-0.4, -0.2) is 11.6 Å². The number of hydrogen-bond acceptors (Lipinski definition) is 4. The second kappa shape index (κ2) is 3.87. The highest BCUT2D eigenvalue weighted by Gasteiger charge is 2.33. The molecule has 3 nitrogen and oxygen atoms in total. The molecule has 0 spiro atoms. The van der Waals surface area contributed by atoms with Gasteiger partial charge < -0.3 is 9.84 Å². The molecule has 78 valence electrons. The Morgan fingerprint density at radius 1 is 1.57 bits per heavy atom. The fourth-order valence-electron chi connectivity index (χ4n) is 0.772. The van der Waals surface area contributed by atoms with E-state index >= 15 is 0 Å². The summed E-state index contributed by atoms with van der Waals surface area (Å²) in [5.74, 6) is -0.510. The van der Waals surface area contributed by atoms with Gasteiger partial charge in [-0.25, -0.2) is 0 Å². The number of carbonyl (C=O) groups is 1. The normalized spacial score (nSPS) is 11.4. The van der Waals surface area contributed by atoms with E-state index in [9.17, 15) is 18.0 Å². The third kappa shape index (κ3) is 2.38. The minimum Gasteiger partial charge on any atom is -0.507 e. The molecule has 0 saturated heterocycles. The second-order valence-corrected chi connectivity index (χ2v) is 3.46. The molecule has 0 aliphatic rings. The smallest absolute Gasteiger partial charge is 0.425 e. The Labute approximate surface area is 80.7 Å². The zero-order valence-electron chi connectivity index (χ0n) is 6.67. The summed E-state index contributed by atoms with van der Waals surface area (Å²) in [6.45, 7) is -0.248. The number of rotatable bonds is 3. The molecular formula is C7H5F3O3S. The van der Waals surface area contributed by atoms with E-state index in [0.717, 1.165) is 0 Å². The van der Waals surface area contributed by atoms with Gasteiger partial charge in [-0.15, -0.1) is 11.3 Å². The van der Waals surface area contributed by atoms with Crippen LogP contribution < -0.4 is 0 Å². The molecular weight excluding hydrogens is 221 g/mol. The second-order valence-electron chi connectivity index (χ2n) is 2.32. The molecule has 0 unspecified atom stereocenters. The minimum atomic E-state index is -4.48. The van der Waals surface area contributed by atoms with Crippen LogP contribution in [0.4, 0.5) is 13.2 Å². The average Bonchev–Trinajstić information content (AvgIpc) is 2.43. The molecule has 1 aromatic heterocycles. The lowest BCUT2D eigenvalue weighted by molar-refractivity contribution is -0.134. The summed E-state index contributed by atoms with van der Waals surface area (Å²) in [6.07, 6.45) is -4.48. The first kappa shape index (κ1) is 10.8. The van der Waals surface area contributed by atoms with Crippen molar-refractivity contribution in [2.45, 2.75) is 12.8 Å². The molecule has 0 aliphatic carbocycles. The van der Waals surface area contributed by atoms with Gasteiger partial charge in [-0.2, -0.15) is 13.2 Å². The van der Waals surface area contributed by atoms with Crippen LogP contribution in [0.1, 0.15) is 9.75 Å². The highest BCUT2D eigenvalue weighted by Crippen LogP contribution is 2.39. The van der Waals surface area contributed by atoms with Crippen molar-refractivity contribution in [1.82, 2.24) is 0 Å². The van der Waals surface area contributed by atoms with Crippen LogP contribution in [0, 0.1) is 0 Å². The lowest BCUT2D eigenvalue weighted by Gasteiger charge is -2.00. The highest BCUT2D eigenvalue weighted by atomic mass is 32.1. The Kier molecular flexibility index (Phi) is 3.00. The van der Waals surface area contributed by atoms with Crippen molar-refractivity contribution in [2.75, 3.05) is 0 Å². The zero-order valence-corrected chi connectivity index (χ0v) is 7.48. The predicted octanol–water partition coefficient (Wildman–Crippen LogP) is 2.15. The molecule has 1 rings (SSSR count). The third-order valence-electron chi connectivity index (χ3n) is 1.35. The molecule has 0 aliphatic heterocycles. The fraction of sp³-hybridized carbons (Fsp3) is 0.286. The van der Waals surface area contributed by atoms with Gasteiger partial charge >= 0.3 is 6.18 Å². The third-order valence-corrected chi connectivity index (χ3v) is 2.49. The summed E-state index contributed by atoms with van der Waals surface area (Å²) in [4.78, 5) is 8.83. The quantitative estimate of drug-likeness (QED) is 0.803. The van der Waals surface area contributed by atoms with Crippen molar-refractivity contribution >= 4 is 17.8 Å². The van der Waals surface area contributed by atoms with Crippen molar-refractivity contribution in [3.63, 3.8) is 0 Å². The average molecular weight is 226 g/mol. The number of halogens is 3. The Morgan fingerprint density at radius 3 is 2.64 bits per heavy atom. The lowest BCUT2D eigenvalue weighted by atomic mass is 10.4. The van der Waals surface area contributed by atoms with Gasteiger partial charge in [0.1, 0.15) is 17.2 Å². The van der Waals surface area contributed by atoms with Crippen molar-refractivity contribution in [1.29, 1.82) is 0 Å². The Balaban J connectivity index is 2.87. The van der Waals surface area contributed by atoms with E-state index in [1.807, 2.05) is 0 Å². The lowest BCUT2D eigenvalue weighted by Crippen LogP contribution is -2.00. The van der Waals surface area contributed by atoms with Crippen molar-refractivity contribution in [2.24, 2.45) is 0 Å². The molecule has 0 atom stereocenters. The zero-order chi connectivity index (χ0) is 10.8.